The lowest BCUT2D eigenvalue weighted by Crippen LogP contribution is -2.43. The van der Waals surface area contributed by atoms with Crippen LogP contribution in [-0.2, 0) is 11.3 Å². The van der Waals surface area contributed by atoms with E-state index in [1.165, 1.54) is 12.3 Å². The molecule has 0 bridgehead atoms. The van der Waals surface area contributed by atoms with Gasteiger partial charge in [-0.25, -0.2) is 4.79 Å². The van der Waals surface area contributed by atoms with Gasteiger partial charge in [0.25, 0.3) is 5.56 Å². The van der Waals surface area contributed by atoms with E-state index in [-0.39, 0.29) is 6.54 Å². The van der Waals surface area contributed by atoms with E-state index in [2.05, 4.69) is 4.98 Å². The summed E-state index contributed by atoms with van der Waals surface area (Å²) in [5, 5.41) is 29.5. The molecule has 3 aromatic rings. The van der Waals surface area contributed by atoms with Gasteiger partial charge in [0.05, 0.1) is 26.0 Å². The normalized spacial score (nSPS) is 22.8. The van der Waals surface area contributed by atoms with Gasteiger partial charge in [-0.05, 0) is 23.8 Å². The fourth-order valence-corrected chi connectivity index (χ4v) is 3.76. The first kappa shape index (κ1) is 21.9. The number of aliphatic hydroxyl groups excluding tert-OH is 3. The van der Waals surface area contributed by atoms with Gasteiger partial charge in [-0.15, -0.1) is 0 Å². The van der Waals surface area contributed by atoms with Crippen molar-refractivity contribution in [3.05, 3.63) is 81.4 Å². The smallest absolute Gasteiger partial charge is 0.333 e. The average Bonchev–Trinajstić information content (AvgIpc) is 3.10. The van der Waals surface area contributed by atoms with Gasteiger partial charge in [0.2, 0.25) is 0 Å². The van der Waals surface area contributed by atoms with Gasteiger partial charge in [0, 0.05) is 24.0 Å². The van der Waals surface area contributed by atoms with Gasteiger partial charge >= 0.3 is 5.69 Å². The Morgan fingerprint density at radius 2 is 1.91 bits per heavy atom. The van der Waals surface area contributed by atoms with Crippen molar-refractivity contribution < 1.29 is 24.8 Å². The van der Waals surface area contributed by atoms with Crippen molar-refractivity contribution in [2.75, 3.05) is 13.7 Å². The molecule has 4 atom stereocenters. The van der Waals surface area contributed by atoms with Crippen LogP contribution in [0.5, 0.6) is 5.75 Å². The molecule has 10 heteroatoms. The van der Waals surface area contributed by atoms with E-state index < -0.39 is 42.4 Å². The van der Waals surface area contributed by atoms with E-state index in [1.807, 2.05) is 24.3 Å². The van der Waals surface area contributed by atoms with Gasteiger partial charge in [-0.1, -0.05) is 18.2 Å². The van der Waals surface area contributed by atoms with Gasteiger partial charge < -0.3 is 24.8 Å². The quantitative estimate of drug-likeness (QED) is 0.476. The molecule has 1 aromatic carbocycles. The Balaban J connectivity index is 1.68. The van der Waals surface area contributed by atoms with E-state index in [0.717, 1.165) is 20.3 Å². The molecule has 0 spiro atoms. The molecule has 2 aromatic heterocycles. The second-order valence-electron chi connectivity index (χ2n) is 7.39. The molecule has 1 aliphatic heterocycles. The third kappa shape index (κ3) is 3.96. The predicted octanol–water partition coefficient (Wildman–Crippen LogP) is -0.260. The number of hydrogen-bond acceptors (Lipinski definition) is 8. The van der Waals surface area contributed by atoms with Crippen molar-refractivity contribution in [2.24, 2.45) is 0 Å². The third-order valence-electron chi connectivity index (χ3n) is 5.44. The van der Waals surface area contributed by atoms with Crippen molar-refractivity contribution in [1.29, 1.82) is 0 Å². The second kappa shape index (κ2) is 9.05. The van der Waals surface area contributed by atoms with E-state index in [4.69, 9.17) is 9.47 Å². The number of hydrogen-bond donors (Lipinski definition) is 3. The number of para-hydroxylation sites is 1. The molecule has 1 fully saturated rings. The van der Waals surface area contributed by atoms with Crippen molar-refractivity contribution in [3.8, 4) is 16.9 Å². The highest BCUT2D eigenvalue weighted by Gasteiger charge is 2.43. The van der Waals surface area contributed by atoms with Crippen LogP contribution in [-0.4, -0.2) is 61.5 Å². The van der Waals surface area contributed by atoms with Crippen LogP contribution in [0.1, 0.15) is 11.9 Å². The van der Waals surface area contributed by atoms with Crippen LogP contribution >= 0.6 is 0 Å². The standard InChI is InChI=1S/C22H23N3O7/c1-31-16-5-3-2-4-15(16)13-6-8-23-14(10-13)11-25-18(27)7-9-24(22(25)30)21-20(29)19(28)17(12-26)32-21/h2-10,17,19-21,26,28-29H,11-12H2,1H3/t17-,19?,20?,21-/m1/s1. The van der Waals surface area contributed by atoms with E-state index in [0.29, 0.717) is 11.4 Å². The van der Waals surface area contributed by atoms with Crippen molar-refractivity contribution in [2.45, 2.75) is 31.1 Å². The minimum absolute atomic E-state index is 0.115. The lowest BCUT2D eigenvalue weighted by atomic mass is 10.0. The lowest BCUT2D eigenvalue weighted by molar-refractivity contribution is -0.0555. The molecule has 0 aliphatic carbocycles. The number of methoxy groups -OCH3 is 1. The Morgan fingerprint density at radius 1 is 1.12 bits per heavy atom. The summed E-state index contributed by atoms with van der Waals surface area (Å²) in [4.78, 5) is 29.7. The van der Waals surface area contributed by atoms with Gasteiger partial charge in [-0.2, -0.15) is 0 Å². The molecule has 3 N–H and O–H groups in total. The zero-order chi connectivity index (χ0) is 22.8. The monoisotopic (exact) mass is 441 g/mol. The van der Waals surface area contributed by atoms with Crippen LogP contribution in [0, 0.1) is 0 Å². The number of ether oxygens (including phenoxy) is 2. The minimum atomic E-state index is -1.44. The molecule has 4 rings (SSSR count). The molecule has 1 saturated heterocycles. The molecule has 10 nitrogen and oxygen atoms in total. The molecule has 1 aliphatic rings. The molecule has 0 amide bonds. The number of aromatic nitrogens is 3. The maximum atomic E-state index is 13.0. The Bertz CT molecular complexity index is 1220. The number of rotatable bonds is 6. The number of aliphatic hydroxyl groups is 3. The predicted molar refractivity (Wildman–Crippen MR) is 113 cm³/mol. The summed E-state index contributed by atoms with van der Waals surface area (Å²) in [6, 6.07) is 12.2. The molecule has 32 heavy (non-hydrogen) atoms. The minimum Gasteiger partial charge on any atom is -0.496 e. The fraction of sp³-hybridized carbons (Fsp3) is 0.318. The molecular weight excluding hydrogens is 418 g/mol. The number of pyridine rings is 1. The van der Waals surface area contributed by atoms with Crippen LogP contribution in [0.4, 0.5) is 0 Å². The van der Waals surface area contributed by atoms with Crippen LogP contribution in [0.2, 0.25) is 0 Å². The fourth-order valence-electron chi connectivity index (χ4n) is 3.76. The van der Waals surface area contributed by atoms with E-state index >= 15 is 0 Å². The summed E-state index contributed by atoms with van der Waals surface area (Å²) < 4.78 is 12.8. The Kier molecular flexibility index (Phi) is 6.19. The maximum Gasteiger partial charge on any atom is 0.333 e. The first-order chi connectivity index (χ1) is 15.4. The zero-order valence-electron chi connectivity index (χ0n) is 17.2. The summed E-state index contributed by atoms with van der Waals surface area (Å²) in [7, 11) is 1.57. The molecule has 3 heterocycles. The Hall–Kier alpha value is -3.31. The van der Waals surface area contributed by atoms with Crippen LogP contribution in [0.15, 0.2) is 64.4 Å². The number of benzene rings is 1. The highest BCUT2D eigenvalue weighted by Crippen LogP contribution is 2.30. The summed E-state index contributed by atoms with van der Waals surface area (Å²) >= 11 is 0. The molecule has 2 unspecified atom stereocenters. The van der Waals surface area contributed by atoms with Crippen molar-refractivity contribution in [3.63, 3.8) is 0 Å². The maximum absolute atomic E-state index is 13.0. The highest BCUT2D eigenvalue weighted by molar-refractivity contribution is 5.70. The zero-order valence-corrected chi connectivity index (χ0v) is 17.2. The second-order valence-corrected chi connectivity index (χ2v) is 7.39. The summed E-state index contributed by atoms with van der Waals surface area (Å²) in [5.74, 6) is 0.674. The average molecular weight is 441 g/mol. The molecule has 0 saturated carbocycles. The van der Waals surface area contributed by atoms with Crippen LogP contribution in [0.25, 0.3) is 11.1 Å². The van der Waals surface area contributed by atoms with Crippen molar-refractivity contribution >= 4 is 0 Å². The molecular formula is C22H23N3O7. The highest BCUT2D eigenvalue weighted by atomic mass is 16.6. The van der Waals surface area contributed by atoms with E-state index in [9.17, 15) is 24.9 Å². The molecule has 0 radical (unpaired) electrons. The Labute approximate surface area is 182 Å². The lowest BCUT2D eigenvalue weighted by Gasteiger charge is -2.18. The molecule has 168 valence electrons. The summed E-state index contributed by atoms with van der Waals surface area (Å²) in [6.45, 7) is -0.640. The van der Waals surface area contributed by atoms with Gasteiger partial charge in [-0.3, -0.25) is 18.9 Å². The SMILES string of the molecule is COc1ccccc1-c1ccnc(Cn2c(=O)ccn([C@@H]3O[C@H](CO)C(O)C3O)c2=O)c1. The first-order valence-corrected chi connectivity index (χ1v) is 9.97. The Morgan fingerprint density at radius 3 is 2.62 bits per heavy atom. The topological polar surface area (TPSA) is 136 Å². The number of nitrogens with zero attached hydrogens (tertiary/aromatic N) is 3. The largest absolute Gasteiger partial charge is 0.496 e. The first-order valence-electron chi connectivity index (χ1n) is 9.97. The van der Waals surface area contributed by atoms with Gasteiger partial charge in [0.15, 0.2) is 6.23 Å². The van der Waals surface area contributed by atoms with Crippen LogP contribution < -0.4 is 16.0 Å². The van der Waals surface area contributed by atoms with Crippen molar-refractivity contribution in [1.82, 2.24) is 14.1 Å². The van der Waals surface area contributed by atoms with E-state index in [1.54, 1.807) is 25.4 Å². The third-order valence-corrected chi connectivity index (χ3v) is 5.44. The van der Waals surface area contributed by atoms with Crippen LogP contribution in [0.3, 0.4) is 0 Å². The summed E-state index contributed by atoms with van der Waals surface area (Å²) in [5.41, 5.74) is 0.814. The van der Waals surface area contributed by atoms with Gasteiger partial charge in [0.1, 0.15) is 24.1 Å². The summed E-state index contributed by atoms with van der Waals surface area (Å²) in [6.07, 6.45) is -2.31.